The summed E-state index contributed by atoms with van der Waals surface area (Å²) < 4.78 is 38.3. The van der Waals surface area contributed by atoms with Crippen LogP contribution in [0.1, 0.15) is 18.9 Å². The summed E-state index contributed by atoms with van der Waals surface area (Å²) in [6.45, 7) is 3.09. The Morgan fingerprint density at radius 1 is 1.32 bits per heavy atom. The molecule has 7 nitrogen and oxygen atoms in total. The quantitative estimate of drug-likeness (QED) is 0.641. The number of alkyl halides is 3. The van der Waals surface area contributed by atoms with Crippen LogP contribution in [-0.4, -0.2) is 53.1 Å². The monoisotopic (exact) mass is 361 g/mol. The van der Waals surface area contributed by atoms with E-state index in [1.165, 1.54) is 0 Å². The zero-order valence-corrected chi connectivity index (χ0v) is 13.5. The molecule has 1 aromatic carbocycles. The maximum Gasteiger partial charge on any atom is 0.416 e. The number of rotatable bonds is 5. The van der Waals surface area contributed by atoms with Crippen molar-refractivity contribution in [2.24, 2.45) is 0 Å². The Labute approximate surface area is 141 Å². The number of carbonyl (C=O) groups is 1. The minimum absolute atomic E-state index is 0.112. The van der Waals surface area contributed by atoms with E-state index in [2.05, 4.69) is 0 Å². The second-order valence-electron chi connectivity index (χ2n) is 5.74. The number of nitro groups is 1. The van der Waals surface area contributed by atoms with Crippen LogP contribution in [0.4, 0.5) is 24.5 Å². The van der Waals surface area contributed by atoms with E-state index in [-0.39, 0.29) is 5.69 Å². The lowest BCUT2D eigenvalue weighted by Gasteiger charge is -2.38. The van der Waals surface area contributed by atoms with Gasteiger partial charge in [0.25, 0.3) is 5.69 Å². The molecule has 1 atom stereocenters. The van der Waals surface area contributed by atoms with Crippen molar-refractivity contribution in [2.75, 3.05) is 31.1 Å². The van der Waals surface area contributed by atoms with E-state index in [0.717, 1.165) is 12.1 Å². The van der Waals surface area contributed by atoms with Crippen LogP contribution in [0, 0.1) is 10.1 Å². The zero-order chi connectivity index (χ0) is 18.8. The van der Waals surface area contributed by atoms with E-state index >= 15 is 0 Å². The number of carboxylic acids is 1. The summed E-state index contributed by atoms with van der Waals surface area (Å²) in [5.41, 5.74) is -1.56. The van der Waals surface area contributed by atoms with Gasteiger partial charge >= 0.3 is 12.1 Å². The predicted molar refractivity (Wildman–Crippen MR) is 83.6 cm³/mol. The second-order valence-corrected chi connectivity index (χ2v) is 5.74. The molecule has 1 aliphatic heterocycles. The van der Waals surface area contributed by atoms with E-state index < -0.39 is 34.4 Å². The Bertz CT molecular complexity index is 658. The van der Waals surface area contributed by atoms with Gasteiger partial charge in [0, 0.05) is 32.2 Å². The molecule has 2 rings (SSSR count). The van der Waals surface area contributed by atoms with Crippen LogP contribution in [0.3, 0.4) is 0 Å². The lowest BCUT2D eigenvalue weighted by atomic mass is 10.1. The van der Waals surface area contributed by atoms with Crippen molar-refractivity contribution in [1.82, 2.24) is 4.90 Å². The molecule has 1 N–H and O–H groups in total. The molecule has 0 amide bonds. The van der Waals surface area contributed by atoms with Crippen LogP contribution in [0.15, 0.2) is 18.2 Å². The molecular formula is C15H18F3N3O4. The van der Waals surface area contributed by atoms with Crippen LogP contribution in [0.25, 0.3) is 0 Å². The van der Waals surface area contributed by atoms with E-state index in [0.29, 0.717) is 38.7 Å². The van der Waals surface area contributed by atoms with Crippen molar-refractivity contribution < 1.29 is 28.0 Å². The van der Waals surface area contributed by atoms with Gasteiger partial charge < -0.3 is 10.0 Å². The number of halogens is 3. The summed E-state index contributed by atoms with van der Waals surface area (Å²) in [7, 11) is 0. The van der Waals surface area contributed by atoms with Crippen molar-refractivity contribution in [3.05, 3.63) is 33.9 Å². The summed E-state index contributed by atoms with van der Waals surface area (Å²) in [6.07, 6.45) is -4.23. The number of aliphatic carboxylic acids is 1. The number of nitrogens with zero attached hydrogens (tertiary/aromatic N) is 3. The lowest BCUT2D eigenvalue weighted by molar-refractivity contribution is -0.384. The van der Waals surface area contributed by atoms with Gasteiger partial charge in [-0.05, 0) is 18.6 Å². The molecule has 1 saturated heterocycles. The van der Waals surface area contributed by atoms with E-state index in [1.807, 2.05) is 0 Å². The highest BCUT2D eigenvalue weighted by atomic mass is 19.4. The highest BCUT2D eigenvalue weighted by Gasteiger charge is 2.35. The summed E-state index contributed by atoms with van der Waals surface area (Å²) in [4.78, 5) is 24.9. The molecule has 1 aromatic rings. The molecule has 0 aliphatic carbocycles. The molecule has 138 valence electrons. The number of benzene rings is 1. The normalized spacial score (nSPS) is 17.4. The van der Waals surface area contributed by atoms with Crippen molar-refractivity contribution in [1.29, 1.82) is 0 Å². The molecule has 0 saturated carbocycles. The van der Waals surface area contributed by atoms with Crippen molar-refractivity contribution in [3.8, 4) is 0 Å². The number of hydrogen-bond acceptors (Lipinski definition) is 5. The minimum atomic E-state index is -4.65. The molecular weight excluding hydrogens is 343 g/mol. The highest BCUT2D eigenvalue weighted by Crippen LogP contribution is 2.36. The smallest absolute Gasteiger partial charge is 0.416 e. The summed E-state index contributed by atoms with van der Waals surface area (Å²) in [5, 5.41) is 20.4. The number of hydrogen-bond donors (Lipinski definition) is 1. The Hall–Kier alpha value is -2.36. The molecule has 0 spiro atoms. The minimum Gasteiger partial charge on any atom is -0.480 e. The van der Waals surface area contributed by atoms with E-state index in [4.69, 9.17) is 0 Å². The Balaban J connectivity index is 2.20. The molecule has 0 aromatic heterocycles. The highest BCUT2D eigenvalue weighted by molar-refractivity contribution is 5.73. The third-order valence-corrected chi connectivity index (χ3v) is 4.27. The SMILES string of the molecule is CCC(C(=O)O)N1CCN(c2ccc(C(F)(F)F)cc2[N+](=O)[O-])CC1. The zero-order valence-electron chi connectivity index (χ0n) is 13.5. The van der Waals surface area contributed by atoms with Gasteiger partial charge in [-0.15, -0.1) is 0 Å². The van der Waals surface area contributed by atoms with Crippen LogP contribution >= 0.6 is 0 Å². The third kappa shape index (κ3) is 4.19. The van der Waals surface area contributed by atoms with Crippen LogP contribution in [-0.2, 0) is 11.0 Å². The van der Waals surface area contributed by atoms with Gasteiger partial charge in [-0.1, -0.05) is 6.92 Å². The number of nitro benzene ring substituents is 1. The summed E-state index contributed by atoms with van der Waals surface area (Å²) in [5.74, 6) is -0.934. The predicted octanol–water partition coefficient (Wildman–Crippen LogP) is 2.60. The second kappa shape index (κ2) is 7.26. The van der Waals surface area contributed by atoms with Crippen molar-refractivity contribution in [3.63, 3.8) is 0 Å². The maximum absolute atomic E-state index is 12.8. The van der Waals surface area contributed by atoms with Crippen molar-refractivity contribution in [2.45, 2.75) is 25.6 Å². The number of piperazine rings is 1. The first kappa shape index (κ1) is 19.0. The fourth-order valence-electron chi connectivity index (χ4n) is 2.98. The van der Waals surface area contributed by atoms with Gasteiger partial charge in [-0.3, -0.25) is 19.8 Å². The molecule has 10 heteroatoms. The van der Waals surface area contributed by atoms with Crippen molar-refractivity contribution >= 4 is 17.3 Å². The lowest BCUT2D eigenvalue weighted by Crippen LogP contribution is -2.52. The number of anilines is 1. The van der Waals surface area contributed by atoms with Gasteiger partial charge in [-0.25, -0.2) is 0 Å². The van der Waals surface area contributed by atoms with Gasteiger partial charge in [-0.2, -0.15) is 13.2 Å². The van der Waals surface area contributed by atoms with Crippen LogP contribution in [0.2, 0.25) is 0 Å². The molecule has 1 unspecified atom stereocenters. The van der Waals surface area contributed by atoms with Gasteiger partial charge in [0.15, 0.2) is 0 Å². The molecule has 1 fully saturated rings. The molecule has 1 heterocycles. The van der Waals surface area contributed by atoms with Gasteiger partial charge in [0.2, 0.25) is 0 Å². The molecule has 0 radical (unpaired) electrons. The van der Waals surface area contributed by atoms with E-state index in [9.17, 15) is 33.2 Å². The van der Waals surface area contributed by atoms with Crippen LogP contribution in [0.5, 0.6) is 0 Å². The fourth-order valence-corrected chi connectivity index (χ4v) is 2.98. The molecule has 1 aliphatic rings. The summed E-state index contributed by atoms with van der Waals surface area (Å²) in [6, 6.07) is 1.82. The average Bonchev–Trinajstić information content (AvgIpc) is 2.54. The first-order valence-electron chi connectivity index (χ1n) is 7.72. The van der Waals surface area contributed by atoms with Gasteiger partial charge in [0.1, 0.15) is 11.7 Å². The maximum atomic E-state index is 12.8. The topological polar surface area (TPSA) is 86.9 Å². The Morgan fingerprint density at radius 2 is 1.92 bits per heavy atom. The van der Waals surface area contributed by atoms with Crippen LogP contribution < -0.4 is 4.90 Å². The third-order valence-electron chi connectivity index (χ3n) is 4.27. The molecule has 0 bridgehead atoms. The van der Waals surface area contributed by atoms with E-state index in [1.54, 1.807) is 16.7 Å². The Kier molecular flexibility index (Phi) is 5.51. The summed E-state index contributed by atoms with van der Waals surface area (Å²) >= 11 is 0. The number of carboxylic acid groups (broad SMARTS) is 1. The fraction of sp³-hybridized carbons (Fsp3) is 0.533. The largest absolute Gasteiger partial charge is 0.480 e. The first-order chi connectivity index (χ1) is 11.6. The first-order valence-corrected chi connectivity index (χ1v) is 7.72. The molecule has 25 heavy (non-hydrogen) atoms. The van der Waals surface area contributed by atoms with Gasteiger partial charge in [0.05, 0.1) is 10.5 Å². The average molecular weight is 361 g/mol. The Morgan fingerprint density at radius 3 is 2.36 bits per heavy atom. The standard InChI is InChI=1S/C15H18F3N3O4/c1-2-11(14(22)23)19-5-7-20(8-6-19)12-4-3-10(15(16,17)18)9-13(12)21(24)25/h3-4,9,11H,2,5-8H2,1H3,(H,22,23).